The van der Waals surface area contributed by atoms with E-state index in [4.69, 9.17) is 8.83 Å². The second-order valence-corrected chi connectivity index (χ2v) is 5.20. The summed E-state index contributed by atoms with van der Waals surface area (Å²) in [6, 6.07) is 7.34. The minimum Gasteiger partial charge on any atom is -0.456 e. The van der Waals surface area contributed by atoms with Crippen LogP contribution in [-0.2, 0) is 0 Å². The summed E-state index contributed by atoms with van der Waals surface area (Å²) in [6.45, 7) is 5.70. The van der Waals surface area contributed by atoms with E-state index < -0.39 is 0 Å². The van der Waals surface area contributed by atoms with Gasteiger partial charge in [0, 0.05) is 11.3 Å². The van der Waals surface area contributed by atoms with E-state index in [0.717, 1.165) is 22.5 Å². The number of amides is 1. The monoisotopic (exact) mass is 296 g/mol. The molecule has 0 aliphatic carbocycles. The van der Waals surface area contributed by atoms with Gasteiger partial charge in [0.15, 0.2) is 17.9 Å². The molecule has 0 atom stereocenters. The number of hydrogen-bond acceptors (Lipinski definition) is 4. The van der Waals surface area contributed by atoms with Crippen LogP contribution in [0.1, 0.15) is 27.4 Å². The van der Waals surface area contributed by atoms with E-state index in [1.807, 2.05) is 39.0 Å². The highest BCUT2D eigenvalue weighted by Gasteiger charge is 2.13. The summed E-state index contributed by atoms with van der Waals surface area (Å²) in [5, 5.41) is 2.83. The van der Waals surface area contributed by atoms with Gasteiger partial charge < -0.3 is 14.2 Å². The van der Waals surface area contributed by atoms with E-state index in [0.29, 0.717) is 17.2 Å². The van der Waals surface area contributed by atoms with Crippen LogP contribution in [0.3, 0.4) is 0 Å². The smallest absolute Gasteiger partial charge is 0.291 e. The van der Waals surface area contributed by atoms with Gasteiger partial charge in [-0.15, -0.1) is 0 Å². The standard InChI is InChI=1S/C17H16N2O3/c1-10-7-15(22-12(10)3)17(20)19-13-4-5-14(11(2)6-13)16-8-18-9-21-16/h4-9H,1-3H3,(H,19,20). The molecule has 0 aliphatic heterocycles. The number of anilines is 1. The van der Waals surface area contributed by atoms with Crippen molar-refractivity contribution in [3.63, 3.8) is 0 Å². The van der Waals surface area contributed by atoms with Gasteiger partial charge in [0.2, 0.25) is 0 Å². The lowest BCUT2D eigenvalue weighted by molar-refractivity contribution is 0.0995. The van der Waals surface area contributed by atoms with Crippen LogP contribution in [0.25, 0.3) is 11.3 Å². The highest BCUT2D eigenvalue weighted by molar-refractivity contribution is 6.02. The topological polar surface area (TPSA) is 68.3 Å². The van der Waals surface area contributed by atoms with Crippen molar-refractivity contribution in [2.75, 3.05) is 5.32 Å². The van der Waals surface area contributed by atoms with E-state index in [1.165, 1.54) is 6.39 Å². The van der Waals surface area contributed by atoms with Gasteiger partial charge in [-0.05, 0) is 56.2 Å². The number of rotatable bonds is 3. The molecule has 0 spiro atoms. The number of oxazole rings is 1. The summed E-state index contributed by atoms with van der Waals surface area (Å²) in [6.07, 6.45) is 3.06. The highest BCUT2D eigenvalue weighted by Crippen LogP contribution is 2.26. The van der Waals surface area contributed by atoms with Gasteiger partial charge in [-0.1, -0.05) is 0 Å². The summed E-state index contributed by atoms with van der Waals surface area (Å²) in [5.41, 5.74) is 3.60. The molecule has 5 nitrogen and oxygen atoms in total. The first-order chi connectivity index (χ1) is 10.5. The molecule has 5 heteroatoms. The Balaban J connectivity index is 1.81. The third-order valence-electron chi connectivity index (χ3n) is 3.57. The fourth-order valence-corrected chi connectivity index (χ4v) is 2.24. The van der Waals surface area contributed by atoms with Crippen LogP contribution < -0.4 is 5.32 Å². The number of aryl methyl sites for hydroxylation is 3. The molecular formula is C17H16N2O3. The number of benzene rings is 1. The number of carbonyl (C=O) groups is 1. The van der Waals surface area contributed by atoms with E-state index >= 15 is 0 Å². The zero-order chi connectivity index (χ0) is 15.7. The van der Waals surface area contributed by atoms with E-state index in [9.17, 15) is 4.79 Å². The van der Waals surface area contributed by atoms with Gasteiger partial charge in [-0.2, -0.15) is 0 Å². The van der Waals surface area contributed by atoms with Gasteiger partial charge in [0.25, 0.3) is 5.91 Å². The maximum atomic E-state index is 12.2. The lowest BCUT2D eigenvalue weighted by atomic mass is 10.1. The molecule has 112 valence electrons. The van der Waals surface area contributed by atoms with E-state index in [-0.39, 0.29) is 5.91 Å². The zero-order valence-electron chi connectivity index (χ0n) is 12.6. The Morgan fingerprint density at radius 3 is 2.55 bits per heavy atom. The summed E-state index contributed by atoms with van der Waals surface area (Å²) >= 11 is 0. The van der Waals surface area contributed by atoms with Crippen molar-refractivity contribution in [2.45, 2.75) is 20.8 Å². The van der Waals surface area contributed by atoms with Gasteiger partial charge in [-0.3, -0.25) is 4.79 Å². The highest BCUT2D eigenvalue weighted by atomic mass is 16.4. The minimum absolute atomic E-state index is 0.261. The number of nitrogens with zero attached hydrogens (tertiary/aromatic N) is 1. The van der Waals surface area contributed by atoms with Crippen molar-refractivity contribution in [2.24, 2.45) is 0 Å². The molecule has 0 fully saturated rings. The molecule has 1 amide bonds. The Hall–Kier alpha value is -2.82. The number of furan rings is 1. The molecular weight excluding hydrogens is 280 g/mol. The largest absolute Gasteiger partial charge is 0.456 e. The van der Waals surface area contributed by atoms with Crippen molar-refractivity contribution < 1.29 is 13.6 Å². The first kappa shape index (κ1) is 14.1. The Morgan fingerprint density at radius 2 is 1.95 bits per heavy atom. The van der Waals surface area contributed by atoms with Crippen LogP contribution >= 0.6 is 0 Å². The second kappa shape index (κ2) is 5.52. The molecule has 0 aliphatic rings. The third-order valence-corrected chi connectivity index (χ3v) is 3.57. The fourth-order valence-electron chi connectivity index (χ4n) is 2.24. The van der Waals surface area contributed by atoms with Crippen molar-refractivity contribution in [1.82, 2.24) is 4.98 Å². The Bertz CT molecular complexity index is 797. The van der Waals surface area contributed by atoms with Crippen molar-refractivity contribution >= 4 is 11.6 Å². The molecule has 1 N–H and O–H groups in total. The molecule has 0 saturated heterocycles. The van der Waals surface area contributed by atoms with Crippen LogP contribution in [0.15, 0.2) is 45.7 Å². The SMILES string of the molecule is Cc1cc(NC(=O)c2cc(C)c(C)o2)ccc1-c1cnco1. The molecule has 1 aromatic carbocycles. The zero-order valence-corrected chi connectivity index (χ0v) is 12.6. The first-order valence-electron chi connectivity index (χ1n) is 6.92. The predicted octanol–water partition coefficient (Wildman–Crippen LogP) is 4.11. The second-order valence-electron chi connectivity index (χ2n) is 5.20. The summed E-state index contributed by atoms with van der Waals surface area (Å²) in [4.78, 5) is 16.1. The van der Waals surface area contributed by atoms with Crippen molar-refractivity contribution in [3.8, 4) is 11.3 Å². The van der Waals surface area contributed by atoms with Crippen LogP contribution in [-0.4, -0.2) is 10.9 Å². The summed E-state index contributed by atoms with van der Waals surface area (Å²) < 4.78 is 10.7. The van der Waals surface area contributed by atoms with Gasteiger partial charge in [-0.25, -0.2) is 4.98 Å². The average molecular weight is 296 g/mol. The van der Waals surface area contributed by atoms with Gasteiger partial charge >= 0.3 is 0 Å². The van der Waals surface area contributed by atoms with Crippen LogP contribution in [0.2, 0.25) is 0 Å². The third kappa shape index (κ3) is 2.65. The van der Waals surface area contributed by atoms with Crippen LogP contribution in [0, 0.1) is 20.8 Å². The summed E-state index contributed by atoms with van der Waals surface area (Å²) in [7, 11) is 0. The molecule has 2 heterocycles. The predicted molar refractivity (Wildman–Crippen MR) is 82.8 cm³/mol. The van der Waals surface area contributed by atoms with Crippen LogP contribution in [0.4, 0.5) is 5.69 Å². The fraction of sp³-hybridized carbons (Fsp3) is 0.176. The first-order valence-corrected chi connectivity index (χ1v) is 6.92. The van der Waals surface area contributed by atoms with E-state index in [2.05, 4.69) is 10.3 Å². The van der Waals surface area contributed by atoms with Crippen molar-refractivity contribution in [3.05, 3.63) is 59.5 Å². The van der Waals surface area contributed by atoms with Gasteiger partial charge in [0.1, 0.15) is 5.76 Å². The maximum absolute atomic E-state index is 12.2. The molecule has 0 unspecified atom stereocenters. The maximum Gasteiger partial charge on any atom is 0.291 e. The molecule has 0 saturated carbocycles. The molecule has 3 rings (SSSR count). The molecule has 0 radical (unpaired) electrons. The van der Waals surface area contributed by atoms with E-state index in [1.54, 1.807) is 12.3 Å². The Kier molecular flexibility index (Phi) is 3.55. The molecule has 2 aromatic heterocycles. The van der Waals surface area contributed by atoms with Crippen LogP contribution in [0.5, 0.6) is 0 Å². The van der Waals surface area contributed by atoms with Crippen molar-refractivity contribution in [1.29, 1.82) is 0 Å². The molecule has 0 bridgehead atoms. The molecule has 3 aromatic rings. The summed E-state index contributed by atoms with van der Waals surface area (Å²) in [5.74, 6) is 1.50. The quantitative estimate of drug-likeness (QED) is 0.789. The number of hydrogen-bond donors (Lipinski definition) is 1. The number of carbonyl (C=O) groups excluding carboxylic acids is 1. The normalized spacial score (nSPS) is 10.7. The average Bonchev–Trinajstić information content (AvgIpc) is 3.10. The molecule has 22 heavy (non-hydrogen) atoms. The minimum atomic E-state index is -0.261. The number of aromatic nitrogens is 1. The number of nitrogens with one attached hydrogen (secondary N) is 1. The Labute approximate surface area is 128 Å². The lowest BCUT2D eigenvalue weighted by Crippen LogP contribution is -2.11. The lowest BCUT2D eigenvalue weighted by Gasteiger charge is -2.07. The Morgan fingerprint density at radius 1 is 1.14 bits per heavy atom. The van der Waals surface area contributed by atoms with Gasteiger partial charge in [0.05, 0.1) is 6.20 Å².